The van der Waals surface area contributed by atoms with E-state index in [1.54, 1.807) is 24.3 Å². The highest BCUT2D eigenvalue weighted by molar-refractivity contribution is 6.10. The molecule has 1 aliphatic carbocycles. The van der Waals surface area contributed by atoms with Gasteiger partial charge in [0.15, 0.2) is 0 Å². The third-order valence-corrected chi connectivity index (χ3v) is 4.61. The van der Waals surface area contributed by atoms with E-state index in [1.165, 1.54) is 0 Å². The van der Waals surface area contributed by atoms with Crippen LogP contribution in [0.5, 0.6) is 0 Å². The van der Waals surface area contributed by atoms with E-state index in [0.717, 1.165) is 23.3 Å². The Morgan fingerprint density at radius 2 is 1.86 bits per heavy atom. The maximum Gasteiger partial charge on any atom is 0.311 e. The zero-order valence-corrected chi connectivity index (χ0v) is 11.7. The van der Waals surface area contributed by atoms with Gasteiger partial charge in [0.1, 0.15) is 0 Å². The van der Waals surface area contributed by atoms with Crippen LogP contribution in [-0.4, -0.2) is 34.3 Å². The molecule has 0 radical (unpaired) electrons. The van der Waals surface area contributed by atoms with Crippen LogP contribution < -0.4 is 0 Å². The molecule has 1 aromatic rings. The summed E-state index contributed by atoms with van der Waals surface area (Å²) in [5.41, 5.74) is 0.271. The Kier molecular flexibility index (Phi) is 3.27. The number of carbonyl (C=O) groups excluding carboxylic acids is 2. The molecule has 0 spiro atoms. The summed E-state index contributed by atoms with van der Waals surface area (Å²) in [6.45, 7) is -0.00562. The predicted octanol–water partition coefficient (Wildman–Crippen LogP) is 1.86. The number of aliphatic carboxylic acids is 1. The number of carbonyl (C=O) groups is 3. The van der Waals surface area contributed by atoms with Crippen LogP contribution in [0, 0.1) is 5.41 Å². The minimum absolute atomic E-state index is 0.00562. The number of carboxylic acid groups (broad SMARTS) is 1. The van der Waals surface area contributed by atoms with Crippen molar-refractivity contribution in [2.24, 2.45) is 5.41 Å². The molecule has 1 aromatic carbocycles. The number of nitrogens with zero attached hydrogens (tertiary/aromatic N) is 1. The molecule has 5 heteroatoms. The minimum Gasteiger partial charge on any atom is -0.481 e. The average molecular weight is 287 g/mol. The summed E-state index contributed by atoms with van der Waals surface area (Å²) in [6, 6.07) is 7.02. The number of fused-ring (bicyclic) bond motifs is 1. The molecule has 1 heterocycles. The molecule has 1 N–H and O–H groups in total. The topological polar surface area (TPSA) is 74.7 Å². The molecular formula is C16H17NO4. The first-order chi connectivity index (χ1) is 10.0. The van der Waals surface area contributed by atoms with Gasteiger partial charge in [0.05, 0.1) is 11.8 Å². The van der Waals surface area contributed by atoms with E-state index in [2.05, 4.69) is 0 Å². The van der Waals surface area contributed by atoms with Crippen LogP contribution in [0.15, 0.2) is 24.3 Å². The molecule has 0 unspecified atom stereocenters. The van der Waals surface area contributed by atoms with E-state index in [4.69, 9.17) is 0 Å². The molecule has 0 aromatic heterocycles. The van der Waals surface area contributed by atoms with Gasteiger partial charge in [-0.05, 0) is 24.5 Å². The fraction of sp³-hybridized carbons (Fsp3) is 0.438. The smallest absolute Gasteiger partial charge is 0.311 e. The molecule has 0 atom stereocenters. The molecule has 21 heavy (non-hydrogen) atoms. The van der Waals surface area contributed by atoms with E-state index >= 15 is 0 Å². The lowest BCUT2D eigenvalue weighted by Gasteiger charge is -2.33. The van der Waals surface area contributed by atoms with Crippen LogP contribution in [0.25, 0.3) is 0 Å². The van der Waals surface area contributed by atoms with Crippen molar-refractivity contribution in [1.29, 1.82) is 0 Å². The Balaban J connectivity index is 1.91. The molecule has 1 aliphatic heterocycles. The summed E-state index contributed by atoms with van der Waals surface area (Å²) in [5.74, 6) is -1.57. The van der Waals surface area contributed by atoms with E-state index in [1.807, 2.05) is 0 Å². The fourth-order valence-electron chi connectivity index (χ4n) is 3.35. The van der Waals surface area contributed by atoms with Crippen molar-refractivity contribution in [3.05, 3.63) is 35.4 Å². The van der Waals surface area contributed by atoms with Crippen LogP contribution in [0.3, 0.4) is 0 Å². The van der Waals surface area contributed by atoms with Crippen LogP contribution >= 0.6 is 0 Å². The van der Waals surface area contributed by atoms with Crippen molar-refractivity contribution in [3.8, 4) is 0 Å². The highest BCUT2D eigenvalue weighted by Gasteiger charge is 2.46. The van der Waals surface area contributed by atoms with Gasteiger partial charge >= 0.3 is 5.97 Å². The fourth-order valence-corrected chi connectivity index (χ4v) is 3.35. The van der Waals surface area contributed by atoms with Crippen molar-refractivity contribution in [3.63, 3.8) is 0 Å². The van der Waals surface area contributed by atoms with E-state index in [-0.39, 0.29) is 24.8 Å². The number of hydrogen-bond acceptors (Lipinski definition) is 3. The van der Waals surface area contributed by atoms with Crippen LogP contribution in [0.4, 0.5) is 0 Å². The lowest BCUT2D eigenvalue weighted by atomic mass is 9.84. The summed E-state index contributed by atoms with van der Waals surface area (Å²) in [6.07, 6.45) is 2.89. The largest absolute Gasteiger partial charge is 0.481 e. The van der Waals surface area contributed by atoms with Gasteiger partial charge in [-0.1, -0.05) is 31.0 Å². The van der Waals surface area contributed by atoms with Crippen molar-refractivity contribution >= 4 is 17.8 Å². The lowest BCUT2D eigenvalue weighted by molar-refractivity contribution is -0.150. The second-order valence-electron chi connectivity index (χ2n) is 5.91. The number of amides is 2. The van der Waals surface area contributed by atoms with E-state index < -0.39 is 11.4 Å². The van der Waals surface area contributed by atoms with Crippen molar-refractivity contribution in [1.82, 2.24) is 4.90 Å². The first-order valence-electron chi connectivity index (χ1n) is 7.19. The van der Waals surface area contributed by atoms with E-state index in [9.17, 15) is 19.5 Å². The summed E-state index contributed by atoms with van der Waals surface area (Å²) in [7, 11) is 0. The second kappa shape index (κ2) is 4.98. The highest BCUT2D eigenvalue weighted by atomic mass is 16.4. The Morgan fingerprint density at radius 3 is 2.52 bits per heavy atom. The first-order valence-corrected chi connectivity index (χ1v) is 7.19. The molecule has 3 rings (SSSR count). The Bertz CT molecular complexity index is 616. The minimum atomic E-state index is -0.961. The molecule has 0 bridgehead atoms. The van der Waals surface area contributed by atoms with Gasteiger partial charge in [-0.15, -0.1) is 0 Å². The Hall–Kier alpha value is -2.17. The number of rotatable bonds is 3. The summed E-state index contributed by atoms with van der Waals surface area (Å²) in [5, 5.41) is 9.51. The monoisotopic (exact) mass is 287 g/mol. The molecule has 2 aliphatic rings. The van der Waals surface area contributed by atoms with Gasteiger partial charge in [0.2, 0.25) is 5.91 Å². The maximum absolute atomic E-state index is 12.5. The first kappa shape index (κ1) is 13.8. The molecule has 1 fully saturated rings. The van der Waals surface area contributed by atoms with Crippen molar-refractivity contribution in [2.45, 2.75) is 32.1 Å². The number of carboxylic acids is 1. The summed E-state index contributed by atoms with van der Waals surface area (Å²) >= 11 is 0. The molecule has 5 nitrogen and oxygen atoms in total. The van der Waals surface area contributed by atoms with Crippen molar-refractivity contribution in [2.75, 3.05) is 6.54 Å². The van der Waals surface area contributed by atoms with Gasteiger partial charge in [-0.25, -0.2) is 0 Å². The highest BCUT2D eigenvalue weighted by Crippen LogP contribution is 2.40. The number of benzene rings is 1. The van der Waals surface area contributed by atoms with Gasteiger partial charge in [0, 0.05) is 12.1 Å². The zero-order valence-electron chi connectivity index (χ0n) is 11.7. The third kappa shape index (κ3) is 2.22. The number of hydrogen-bond donors (Lipinski definition) is 1. The summed E-state index contributed by atoms with van der Waals surface area (Å²) < 4.78 is 0. The standard InChI is InChI=1S/C16H17NO4/c18-13-9-11-5-1-2-6-12(11)14(19)17(13)10-16(15(20)21)7-3-4-8-16/h1-2,5-6H,3-4,7-10H2,(H,20,21). The summed E-state index contributed by atoms with van der Waals surface area (Å²) in [4.78, 5) is 37.5. The van der Waals surface area contributed by atoms with Gasteiger partial charge in [-0.2, -0.15) is 0 Å². The normalized spacial score (nSPS) is 20.5. The van der Waals surface area contributed by atoms with Gasteiger partial charge in [0.25, 0.3) is 5.91 Å². The van der Waals surface area contributed by atoms with E-state index in [0.29, 0.717) is 18.4 Å². The third-order valence-electron chi connectivity index (χ3n) is 4.61. The molecular weight excluding hydrogens is 270 g/mol. The lowest BCUT2D eigenvalue weighted by Crippen LogP contribution is -2.49. The molecule has 110 valence electrons. The number of imide groups is 1. The van der Waals surface area contributed by atoms with Crippen LogP contribution in [0.2, 0.25) is 0 Å². The molecule has 1 saturated carbocycles. The zero-order chi connectivity index (χ0) is 15.0. The van der Waals surface area contributed by atoms with Crippen LogP contribution in [-0.2, 0) is 16.0 Å². The van der Waals surface area contributed by atoms with Gasteiger partial charge in [-0.3, -0.25) is 19.3 Å². The molecule has 2 amide bonds. The van der Waals surface area contributed by atoms with Gasteiger partial charge < -0.3 is 5.11 Å². The SMILES string of the molecule is O=C1Cc2ccccc2C(=O)N1CC1(C(=O)O)CCCC1. The maximum atomic E-state index is 12.5. The second-order valence-corrected chi connectivity index (χ2v) is 5.91. The molecule has 0 saturated heterocycles. The van der Waals surface area contributed by atoms with Crippen LogP contribution in [0.1, 0.15) is 41.6 Å². The predicted molar refractivity (Wildman–Crippen MR) is 74.7 cm³/mol. The van der Waals surface area contributed by atoms with Crippen molar-refractivity contribution < 1.29 is 19.5 Å². The quantitative estimate of drug-likeness (QED) is 0.861. The Labute approximate surface area is 122 Å². The average Bonchev–Trinajstić information content (AvgIpc) is 2.93. The Morgan fingerprint density at radius 1 is 1.19 bits per heavy atom.